The Balaban J connectivity index is 1.93. The zero-order valence-corrected chi connectivity index (χ0v) is 14.3. The highest BCUT2D eigenvalue weighted by atomic mass is 32.1. The number of amides is 1. The van der Waals surface area contributed by atoms with Crippen molar-refractivity contribution in [2.75, 3.05) is 0 Å². The molecule has 1 aromatic carbocycles. The van der Waals surface area contributed by atoms with E-state index in [1.807, 2.05) is 48.7 Å². The average molecular weight is 338 g/mol. The van der Waals surface area contributed by atoms with E-state index in [9.17, 15) is 9.59 Å². The number of hydrogen-bond acceptors (Lipinski definition) is 3. The van der Waals surface area contributed by atoms with Crippen LogP contribution in [0.3, 0.4) is 0 Å². The van der Waals surface area contributed by atoms with Crippen molar-refractivity contribution in [2.45, 2.75) is 19.9 Å². The van der Waals surface area contributed by atoms with E-state index in [1.54, 1.807) is 30.4 Å². The first kappa shape index (κ1) is 16.2. The van der Waals surface area contributed by atoms with Crippen molar-refractivity contribution in [1.82, 2.24) is 10.3 Å². The predicted octanol–water partition coefficient (Wildman–Crippen LogP) is 3.57. The molecule has 2 N–H and O–H groups in total. The number of aromatic nitrogens is 1. The highest BCUT2D eigenvalue weighted by Crippen LogP contribution is 2.26. The van der Waals surface area contributed by atoms with Crippen molar-refractivity contribution in [1.29, 1.82) is 0 Å². The molecular weight excluding hydrogens is 320 g/mol. The lowest BCUT2D eigenvalue weighted by atomic mass is 10.0. The summed E-state index contributed by atoms with van der Waals surface area (Å²) in [5.41, 5.74) is 2.62. The van der Waals surface area contributed by atoms with Gasteiger partial charge in [-0.3, -0.25) is 9.59 Å². The Bertz CT molecular complexity index is 896. The molecule has 122 valence electrons. The summed E-state index contributed by atoms with van der Waals surface area (Å²) >= 11 is 1.57. The van der Waals surface area contributed by atoms with Gasteiger partial charge in [-0.2, -0.15) is 0 Å². The number of carbonyl (C=O) groups is 1. The molecule has 0 aliphatic carbocycles. The maximum atomic E-state index is 12.6. The van der Waals surface area contributed by atoms with Gasteiger partial charge in [-0.1, -0.05) is 35.9 Å². The minimum Gasteiger partial charge on any atom is -0.340 e. The van der Waals surface area contributed by atoms with Gasteiger partial charge in [-0.15, -0.1) is 11.3 Å². The minimum absolute atomic E-state index is 0.120. The molecular formula is C19H18N2O2S. The number of nitrogens with one attached hydrogen (secondary N) is 2. The zero-order chi connectivity index (χ0) is 17.1. The molecule has 0 radical (unpaired) electrons. The molecule has 0 aliphatic heterocycles. The summed E-state index contributed by atoms with van der Waals surface area (Å²) in [5.74, 6) is -0.379. The number of aromatic amines is 1. The lowest BCUT2D eigenvalue weighted by Gasteiger charge is -2.18. The second-order valence-corrected chi connectivity index (χ2v) is 6.70. The summed E-state index contributed by atoms with van der Waals surface area (Å²) in [6.07, 6.45) is 0. The Morgan fingerprint density at radius 1 is 1.08 bits per heavy atom. The van der Waals surface area contributed by atoms with Gasteiger partial charge in [0.2, 0.25) is 0 Å². The molecule has 0 aliphatic rings. The van der Waals surface area contributed by atoms with E-state index in [2.05, 4.69) is 10.3 Å². The Kier molecular flexibility index (Phi) is 4.62. The number of thiophene rings is 1. The summed E-state index contributed by atoms with van der Waals surface area (Å²) < 4.78 is 0. The molecule has 0 fully saturated rings. The lowest BCUT2D eigenvalue weighted by Crippen LogP contribution is -2.33. The first-order valence-electron chi connectivity index (χ1n) is 7.65. The fourth-order valence-corrected chi connectivity index (χ4v) is 3.30. The van der Waals surface area contributed by atoms with Gasteiger partial charge in [0.05, 0.1) is 6.04 Å². The topological polar surface area (TPSA) is 62.0 Å². The van der Waals surface area contributed by atoms with Crippen LogP contribution >= 0.6 is 11.3 Å². The van der Waals surface area contributed by atoms with Crippen LogP contribution in [0.2, 0.25) is 0 Å². The number of pyridine rings is 1. The third-order valence-corrected chi connectivity index (χ3v) is 4.75. The highest BCUT2D eigenvalue weighted by Gasteiger charge is 2.20. The SMILES string of the molecule is Cc1ccc(C(NC(=O)c2ccc(C)[nH]c2=O)c2cccs2)cc1. The normalized spacial score (nSPS) is 11.9. The number of rotatable bonds is 4. The standard InChI is InChI=1S/C19H18N2O2S/c1-12-5-8-14(9-6-12)17(16-4-3-11-24-16)21-19(23)15-10-7-13(2)20-18(15)22/h3-11,17H,1-2H3,(H,20,22)(H,21,23). The number of hydrogen-bond donors (Lipinski definition) is 2. The van der Waals surface area contributed by atoms with Gasteiger partial charge in [-0.25, -0.2) is 0 Å². The first-order chi connectivity index (χ1) is 11.5. The van der Waals surface area contributed by atoms with Crippen LogP contribution in [0, 0.1) is 13.8 Å². The maximum absolute atomic E-state index is 12.6. The first-order valence-corrected chi connectivity index (χ1v) is 8.53. The summed E-state index contributed by atoms with van der Waals surface area (Å²) in [6, 6.07) is 15.0. The molecule has 0 bridgehead atoms. The minimum atomic E-state index is -0.379. The van der Waals surface area contributed by atoms with Crippen LogP contribution in [0.1, 0.15) is 38.1 Å². The predicted molar refractivity (Wildman–Crippen MR) is 96.6 cm³/mol. The number of H-pyrrole nitrogens is 1. The summed E-state index contributed by atoms with van der Waals surface area (Å²) in [5, 5.41) is 4.96. The van der Waals surface area contributed by atoms with E-state index in [0.29, 0.717) is 0 Å². The molecule has 3 rings (SSSR count). The van der Waals surface area contributed by atoms with Gasteiger partial charge in [0, 0.05) is 10.6 Å². The summed E-state index contributed by atoms with van der Waals surface area (Å²) in [6.45, 7) is 3.80. The van der Waals surface area contributed by atoms with Gasteiger partial charge < -0.3 is 10.3 Å². The van der Waals surface area contributed by atoms with E-state index in [0.717, 1.165) is 21.7 Å². The molecule has 1 amide bonds. The van der Waals surface area contributed by atoms with E-state index in [1.165, 1.54) is 0 Å². The lowest BCUT2D eigenvalue weighted by molar-refractivity contribution is 0.0942. The Morgan fingerprint density at radius 2 is 1.83 bits per heavy atom. The van der Waals surface area contributed by atoms with Crippen molar-refractivity contribution < 1.29 is 4.79 Å². The van der Waals surface area contributed by atoms with Crippen molar-refractivity contribution in [3.05, 3.63) is 91.5 Å². The van der Waals surface area contributed by atoms with Crippen molar-refractivity contribution in [3.8, 4) is 0 Å². The number of carbonyl (C=O) groups excluding carboxylic acids is 1. The molecule has 5 heteroatoms. The van der Waals surface area contributed by atoms with Gasteiger partial charge in [0.15, 0.2) is 0 Å². The fraction of sp³-hybridized carbons (Fsp3) is 0.158. The van der Waals surface area contributed by atoms with Crippen LogP contribution in [0.5, 0.6) is 0 Å². The molecule has 1 unspecified atom stereocenters. The van der Waals surface area contributed by atoms with E-state index in [4.69, 9.17) is 0 Å². The second kappa shape index (κ2) is 6.84. The molecule has 24 heavy (non-hydrogen) atoms. The van der Waals surface area contributed by atoms with Crippen LogP contribution in [0.25, 0.3) is 0 Å². The smallest absolute Gasteiger partial charge is 0.260 e. The molecule has 0 saturated carbocycles. The molecule has 0 spiro atoms. The van der Waals surface area contributed by atoms with Crippen LogP contribution in [0.15, 0.2) is 58.7 Å². The van der Waals surface area contributed by atoms with E-state index < -0.39 is 0 Å². The number of benzene rings is 1. The molecule has 2 heterocycles. The summed E-state index contributed by atoms with van der Waals surface area (Å²) in [4.78, 5) is 28.3. The second-order valence-electron chi connectivity index (χ2n) is 5.72. The van der Waals surface area contributed by atoms with E-state index in [-0.39, 0.29) is 23.1 Å². The third-order valence-electron chi connectivity index (χ3n) is 3.81. The van der Waals surface area contributed by atoms with E-state index >= 15 is 0 Å². The fourth-order valence-electron chi connectivity index (χ4n) is 2.49. The molecule has 3 aromatic rings. The molecule has 2 aromatic heterocycles. The monoisotopic (exact) mass is 338 g/mol. The van der Waals surface area contributed by atoms with Crippen LogP contribution in [0.4, 0.5) is 0 Å². The van der Waals surface area contributed by atoms with Crippen LogP contribution in [-0.2, 0) is 0 Å². The van der Waals surface area contributed by atoms with Crippen LogP contribution < -0.4 is 10.9 Å². The van der Waals surface area contributed by atoms with Crippen molar-refractivity contribution in [2.24, 2.45) is 0 Å². The van der Waals surface area contributed by atoms with Crippen LogP contribution in [-0.4, -0.2) is 10.9 Å². The van der Waals surface area contributed by atoms with Gasteiger partial charge in [-0.05, 0) is 43.0 Å². The Morgan fingerprint density at radius 3 is 2.46 bits per heavy atom. The largest absolute Gasteiger partial charge is 0.340 e. The Labute approximate surface area is 144 Å². The van der Waals surface area contributed by atoms with Crippen molar-refractivity contribution in [3.63, 3.8) is 0 Å². The quantitative estimate of drug-likeness (QED) is 0.764. The molecule has 4 nitrogen and oxygen atoms in total. The van der Waals surface area contributed by atoms with Gasteiger partial charge in [0.25, 0.3) is 11.5 Å². The Hall–Kier alpha value is -2.66. The summed E-state index contributed by atoms with van der Waals surface area (Å²) in [7, 11) is 0. The van der Waals surface area contributed by atoms with Crippen molar-refractivity contribution >= 4 is 17.2 Å². The van der Waals surface area contributed by atoms with Gasteiger partial charge in [0.1, 0.15) is 5.56 Å². The van der Waals surface area contributed by atoms with Gasteiger partial charge >= 0.3 is 0 Å². The number of aryl methyl sites for hydroxylation is 2. The molecule has 1 atom stereocenters. The average Bonchev–Trinajstić information content (AvgIpc) is 3.07. The molecule has 0 saturated heterocycles. The highest BCUT2D eigenvalue weighted by molar-refractivity contribution is 7.10. The zero-order valence-electron chi connectivity index (χ0n) is 13.5. The third kappa shape index (κ3) is 3.46. The maximum Gasteiger partial charge on any atom is 0.260 e.